The maximum Gasteiger partial charge on any atom is 0.0565 e. The molecule has 0 amide bonds. The molecule has 0 heterocycles. The summed E-state index contributed by atoms with van der Waals surface area (Å²) in [7, 11) is 0. The summed E-state index contributed by atoms with van der Waals surface area (Å²) in [6.45, 7) is 4.57. The lowest BCUT2D eigenvalue weighted by atomic mass is 10.1. The lowest BCUT2D eigenvalue weighted by Crippen LogP contribution is -2.17. The van der Waals surface area contributed by atoms with Crippen molar-refractivity contribution in [3.05, 3.63) is 0 Å². The van der Waals surface area contributed by atoms with Gasteiger partial charge in [0.25, 0.3) is 0 Å². The molecule has 0 saturated heterocycles. The Morgan fingerprint density at radius 1 is 0.700 bits per heavy atom. The van der Waals surface area contributed by atoms with Crippen LogP contribution in [-0.2, 0) is 0 Å². The molecule has 124 valence electrons. The Kier molecular flexibility index (Phi) is 20.8. The predicted octanol–water partition coefficient (Wildman–Crippen LogP) is 2.62. The second kappa shape index (κ2) is 18.8. The van der Waals surface area contributed by atoms with Gasteiger partial charge in [0.15, 0.2) is 0 Å². The van der Waals surface area contributed by atoms with E-state index >= 15 is 0 Å². The highest BCUT2D eigenvalue weighted by Gasteiger charge is 2.08. The van der Waals surface area contributed by atoms with Gasteiger partial charge in [-0.15, -0.1) is 0 Å². The van der Waals surface area contributed by atoms with Crippen LogP contribution in [0.5, 0.6) is 0 Å². The Morgan fingerprint density at radius 3 is 1.75 bits per heavy atom. The van der Waals surface area contributed by atoms with Gasteiger partial charge in [-0.2, -0.15) is 0 Å². The van der Waals surface area contributed by atoms with Crippen LogP contribution >= 0.6 is 0 Å². The average Bonchev–Trinajstić information content (AvgIpc) is 2.45. The van der Waals surface area contributed by atoms with E-state index in [4.69, 9.17) is 15.3 Å². The average molecular weight is 292 g/mol. The van der Waals surface area contributed by atoms with Crippen LogP contribution in [0.25, 0.3) is 0 Å². The summed E-state index contributed by atoms with van der Waals surface area (Å²) in [4.78, 5) is 0. The molecule has 0 aromatic heterocycles. The summed E-state index contributed by atoms with van der Waals surface area (Å²) in [5, 5.41) is 35.2. The minimum atomic E-state index is -0.461. The molecule has 0 aromatic carbocycles. The molecule has 20 heavy (non-hydrogen) atoms. The normalized spacial score (nSPS) is 13.5. The summed E-state index contributed by atoms with van der Waals surface area (Å²) in [6.07, 6.45) is 8.92. The van der Waals surface area contributed by atoms with Crippen molar-refractivity contribution in [3.8, 4) is 0 Å². The zero-order valence-corrected chi connectivity index (χ0v) is 13.4. The van der Waals surface area contributed by atoms with Crippen LogP contribution in [0, 0.1) is 0 Å². The summed E-state index contributed by atoms with van der Waals surface area (Å²) in [5.74, 6) is 0. The van der Waals surface area contributed by atoms with Gasteiger partial charge in [0, 0.05) is 13.2 Å². The molecule has 0 fully saturated rings. The second-order valence-electron chi connectivity index (χ2n) is 5.31. The standard InChI is InChI=1S/C8H18O3.C8H18O/c1-2-7(10)6-8(11)4-3-5-9;1-2-3-4-5-6-7-8-9/h7-11H,2-6H2,1H3;9H,2-8H2,1H3. The molecule has 0 aliphatic rings. The van der Waals surface area contributed by atoms with E-state index in [2.05, 4.69) is 6.92 Å². The number of rotatable bonds is 12. The Bertz CT molecular complexity index is 159. The van der Waals surface area contributed by atoms with Crippen molar-refractivity contribution in [1.82, 2.24) is 0 Å². The summed E-state index contributed by atoms with van der Waals surface area (Å²) in [6, 6.07) is 0. The highest BCUT2D eigenvalue weighted by atomic mass is 16.3. The zero-order chi connectivity index (χ0) is 15.6. The van der Waals surface area contributed by atoms with Crippen molar-refractivity contribution >= 4 is 0 Å². The minimum absolute atomic E-state index is 0.110. The quantitative estimate of drug-likeness (QED) is 0.417. The molecule has 4 heteroatoms. The van der Waals surface area contributed by atoms with Gasteiger partial charge in [0.1, 0.15) is 0 Å². The molecular weight excluding hydrogens is 256 g/mol. The topological polar surface area (TPSA) is 80.9 Å². The number of aliphatic hydroxyl groups is 4. The smallest absolute Gasteiger partial charge is 0.0565 e. The van der Waals surface area contributed by atoms with Gasteiger partial charge in [-0.25, -0.2) is 0 Å². The van der Waals surface area contributed by atoms with E-state index in [9.17, 15) is 5.11 Å². The van der Waals surface area contributed by atoms with E-state index in [0.29, 0.717) is 32.3 Å². The van der Waals surface area contributed by atoms with Gasteiger partial charge in [-0.05, 0) is 32.1 Å². The highest BCUT2D eigenvalue weighted by Crippen LogP contribution is 2.06. The van der Waals surface area contributed by atoms with Crippen LogP contribution in [0.3, 0.4) is 0 Å². The molecule has 0 aromatic rings. The van der Waals surface area contributed by atoms with E-state index in [1.54, 1.807) is 0 Å². The van der Waals surface area contributed by atoms with Gasteiger partial charge in [-0.3, -0.25) is 0 Å². The van der Waals surface area contributed by atoms with Crippen molar-refractivity contribution < 1.29 is 20.4 Å². The van der Waals surface area contributed by atoms with Crippen molar-refractivity contribution in [1.29, 1.82) is 0 Å². The molecular formula is C16H36O4. The molecule has 2 unspecified atom stereocenters. The summed E-state index contributed by atoms with van der Waals surface area (Å²) >= 11 is 0. The third kappa shape index (κ3) is 20.2. The zero-order valence-electron chi connectivity index (χ0n) is 13.4. The van der Waals surface area contributed by atoms with Crippen LogP contribution < -0.4 is 0 Å². The minimum Gasteiger partial charge on any atom is -0.396 e. The van der Waals surface area contributed by atoms with Crippen LogP contribution in [-0.4, -0.2) is 45.8 Å². The molecule has 0 aliphatic heterocycles. The molecule has 0 saturated carbocycles. The van der Waals surface area contributed by atoms with E-state index < -0.39 is 12.2 Å². The maximum atomic E-state index is 9.21. The van der Waals surface area contributed by atoms with Crippen molar-refractivity contribution in [2.75, 3.05) is 13.2 Å². The largest absolute Gasteiger partial charge is 0.396 e. The van der Waals surface area contributed by atoms with Gasteiger partial charge >= 0.3 is 0 Å². The molecule has 4 nitrogen and oxygen atoms in total. The molecule has 0 spiro atoms. The predicted molar refractivity (Wildman–Crippen MR) is 83.7 cm³/mol. The van der Waals surface area contributed by atoms with Gasteiger partial charge in [-0.1, -0.05) is 46.0 Å². The molecule has 0 radical (unpaired) electrons. The number of unbranched alkanes of at least 4 members (excludes halogenated alkanes) is 5. The van der Waals surface area contributed by atoms with Crippen molar-refractivity contribution in [2.24, 2.45) is 0 Å². The third-order valence-corrected chi connectivity index (χ3v) is 3.22. The van der Waals surface area contributed by atoms with Crippen molar-refractivity contribution in [3.63, 3.8) is 0 Å². The first-order chi connectivity index (χ1) is 9.62. The molecule has 0 bridgehead atoms. The fourth-order valence-corrected chi connectivity index (χ4v) is 1.82. The van der Waals surface area contributed by atoms with Gasteiger partial charge in [0.2, 0.25) is 0 Å². The molecule has 0 aliphatic carbocycles. The fourth-order valence-electron chi connectivity index (χ4n) is 1.82. The molecule has 2 atom stereocenters. The number of hydrogen-bond acceptors (Lipinski definition) is 4. The Hall–Kier alpha value is -0.160. The van der Waals surface area contributed by atoms with Gasteiger partial charge in [0.05, 0.1) is 12.2 Å². The van der Waals surface area contributed by atoms with Crippen LogP contribution in [0.15, 0.2) is 0 Å². The van der Waals surface area contributed by atoms with Crippen LogP contribution in [0.1, 0.15) is 78.1 Å². The van der Waals surface area contributed by atoms with Crippen molar-refractivity contribution in [2.45, 2.75) is 90.3 Å². The van der Waals surface area contributed by atoms with E-state index in [1.807, 2.05) is 6.92 Å². The lowest BCUT2D eigenvalue weighted by Gasteiger charge is -2.12. The first kappa shape index (κ1) is 22.1. The fraction of sp³-hybridized carbons (Fsp3) is 1.00. The van der Waals surface area contributed by atoms with Gasteiger partial charge < -0.3 is 20.4 Å². The molecule has 0 rings (SSSR count). The Labute approximate surface area is 124 Å². The Morgan fingerprint density at radius 2 is 1.25 bits per heavy atom. The number of hydrogen-bond donors (Lipinski definition) is 4. The second-order valence-corrected chi connectivity index (χ2v) is 5.31. The number of aliphatic hydroxyl groups excluding tert-OH is 4. The summed E-state index contributed by atoms with van der Waals surface area (Å²) in [5.41, 5.74) is 0. The maximum absolute atomic E-state index is 9.21. The first-order valence-electron chi connectivity index (χ1n) is 8.20. The Balaban J connectivity index is 0. The SMILES string of the molecule is CCC(O)CC(O)CCCO.CCCCCCCCO. The van der Waals surface area contributed by atoms with E-state index in [-0.39, 0.29) is 6.61 Å². The lowest BCUT2D eigenvalue weighted by molar-refractivity contribution is 0.0692. The summed E-state index contributed by atoms with van der Waals surface area (Å²) < 4.78 is 0. The van der Waals surface area contributed by atoms with Crippen LogP contribution in [0.2, 0.25) is 0 Å². The van der Waals surface area contributed by atoms with Crippen LogP contribution in [0.4, 0.5) is 0 Å². The monoisotopic (exact) mass is 292 g/mol. The third-order valence-electron chi connectivity index (χ3n) is 3.22. The molecule has 4 N–H and O–H groups in total. The van der Waals surface area contributed by atoms with E-state index in [1.165, 1.54) is 32.1 Å². The highest BCUT2D eigenvalue weighted by molar-refractivity contribution is 4.61. The first-order valence-corrected chi connectivity index (χ1v) is 8.20. The van der Waals surface area contributed by atoms with E-state index in [0.717, 1.165) is 6.42 Å².